The second kappa shape index (κ2) is 4.77. The highest BCUT2D eigenvalue weighted by Gasteiger charge is 2.23. The van der Waals surface area contributed by atoms with Crippen LogP contribution in [0.4, 0.5) is 0 Å². The van der Waals surface area contributed by atoms with Gasteiger partial charge in [-0.15, -0.1) is 0 Å². The molecule has 0 unspecified atom stereocenters. The van der Waals surface area contributed by atoms with E-state index in [2.05, 4.69) is 0 Å². The largest absolute Gasteiger partial charge is 0.370 e. The molecule has 0 aliphatic carbocycles. The molecule has 0 amide bonds. The SMILES string of the molecule is O=C(Cc1ccccc1Cl)[C@@H]1CCCO1. The number of benzene rings is 1. The summed E-state index contributed by atoms with van der Waals surface area (Å²) in [6.07, 6.45) is 2.01. The van der Waals surface area contributed by atoms with E-state index in [9.17, 15) is 4.79 Å². The van der Waals surface area contributed by atoms with Gasteiger partial charge in [0.15, 0.2) is 5.78 Å². The second-order valence-electron chi connectivity index (χ2n) is 3.74. The van der Waals surface area contributed by atoms with Gasteiger partial charge in [-0.1, -0.05) is 29.8 Å². The summed E-state index contributed by atoms with van der Waals surface area (Å²) in [4.78, 5) is 11.8. The molecule has 15 heavy (non-hydrogen) atoms. The van der Waals surface area contributed by atoms with Gasteiger partial charge in [-0.3, -0.25) is 4.79 Å². The van der Waals surface area contributed by atoms with Gasteiger partial charge in [-0.05, 0) is 24.5 Å². The fraction of sp³-hybridized carbons (Fsp3) is 0.417. The maximum absolute atomic E-state index is 11.8. The zero-order valence-corrected chi connectivity index (χ0v) is 9.17. The first-order chi connectivity index (χ1) is 7.27. The Bertz CT molecular complexity index is 356. The van der Waals surface area contributed by atoms with Gasteiger partial charge < -0.3 is 4.74 Å². The Hall–Kier alpha value is -0.860. The van der Waals surface area contributed by atoms with E-state index >= 15 is 0 Å². The molecule has 1 fully saturated rings. The minimum atomic E-state index is -0.207. The van der Waals surface area contributed by atoms with Gasteiger partial charge in [-0.2, -0.15) is 0 Å². The number of carbonyl (C=O) groups is 1. The highest BCUT2D eigenvalue weighted by atomic mass is 35.5. The lowest BCUT2D eigenvalue weighted by Gasteiger charge is -2.08. The Morgan fingerprint density at radius 3 is 2.93 bits per heavy atom. The predicted octanol–water partition coefficient (Wildman–Crippen LogP) is 2.63. The van der Waals surface area contributed by atoms with Gasteiger partial charge in [0.2, 0.25) is 0 Å². The second-order valence-corrected chi connectivity index (χ2v) is 4.14. The van der Waals surface area contributed by atoms with E-state index in [0.717, 1.165) is 18.4 Å². The van der Waals surface area contributed by atoms with Crippen molar-refractivity contribution in [3.63, 3.8) is 0 Å². The van der Waals surface area contributed by atoms with Crippen LogP contribution < -0.4 is 0 Å². The minimum Gasteiger partial charge on any atom is -0.370 e. The molecule has 1 atom stereocenters. The maximum atomic E-state index is 11.8. The smallest absolute Gasteiger partial charge is 0.165 e. The third kappa shape index (κ3) is 2.58. The van der Waals surface area contributed by atoms with Gasteiger partial charge >= 0.3 is 0 Å². The van der Waals surface area contributed by atoms with E-state index in [1.54, 1.807) is 6.07 Å². The lowest BCUT2D eigenvalue weighted by atomic mass is 10.0. The number of carbonyl (C=O) groups excluding carboxylic acids is 1. The van der Waals surface area contributed by atoms with Crippen molar-refractivity contribution in [3.8, 4) is 0 Å². The Morgan fingerprint density at radius 2 is 2.27 bits per heavy atom. The molecule has 1 aromatic carbocycles. The van der Waals surface area contributed by atoms with Crippen molar-refractivity contribution in [2.75, 3.05) is 6.61 Å². The highest BCUT2D eigenvalue weighted by Crippen LogP contribution is 2.19. The third-order valence-corrected chi connectivity index (χ3v) is 2.98. The molecule has 1 aliphatic rings. The van der Waals surface area contributed by atoms with Crippen molar-refractivity contribution < 1.29 is 9.53 Å². The van der Waals surface area contributed by atoms with Crippen molar-refractivity contribution >= 4 is 17.4 Å². The van der Waals surface area contributed by atoms with Gasteiger partial charge in [0.25, 0.3) is 0 Å². The monoisotopic (exact) mass is 224 g/mol. The third-order valence-electron chi connectivity index (χ3n) is 2.61. The number of ether oxygens (including phenoxy) is 1. The summed E-state index contributed by atoms with van der Waals surface area (Å²) in [7, 11) is 0. The average Bonchev–Trinajstić information content (AvgIpc) is 2.74. The van der Waals surface area contributed by atoms with Gasteiger partial charge in [0, 0.05) is 18.1 Å². The number of hydrogen-bond acceptors (Lipinski definition) is 2. The van der Waals surface area contributed by atoms with Crippen molar-refractivity contribution in [1.82, 2.24) is 0 Å². The molecular formula is C12H13ClO2. The molecule has 3 heteroatoms. The predicted molar refractivity (Wildman–Crippen MR) is 59.1 cm³/mol. The summed E-state index contributed by atoms with van der Waals surface area (Å²) < 4.78 is 5.33. The van der Waals surface area contributed by atoms with Crippen LogP contribution in [0.15, 0.2) is 24.3 Å². The van der Waals surface area contributed by atoms with Crippen molar-refractivity contribution in [2.45, 2.75) is 25.4 Å². The molecule has 80 valence electrons. The lowest BCUT2D eigenvalue weighted by molar-refractivity contribution is -0.127. The molecule has 1 saturated heterocycles. The average molecular weight is 225 g/mol. The van der Waals surface area contributed by atoms with Crippen LogP contribution in [0.2, 0.25) is 5.02 Å². The molecule has 2 rings (SSSR count). The van der Waals surface area contributed by atoms with Crippen molar-refractivity contribution in [3.05, 3.63) is 34.9 Å². The summed E-state index contributed by atoms with van der Waals surface area (Å²) in [5.74, 6) is 0.139. The number of halogens is 1. The molecule has 0 saturated carbocycles. The van der Waals surface area contributed by atoms with Crippen LogP contribution in [0.1, 0.15) is 18.4 Å². The molecular weight excluding hydrogens is 212 g/mol. The summed E-state index contributed by atoms with van der Waals surface area (Å²) in [6, 6.07) is 7.45. The first kappa shape index (κ1) is 10.7. The van der Waals surface area contributed by atoms with E-state index in [-0.39, 0.29) is 11.9 Å². The molecule has 1 aromatic rings. The van der Waals surface area contributed by atoms with Crippen LogP contribution in [0, 0.1) is 0 Å². The fourth-order valence-electron chi connectivity index (χ4n) is 1.77. The molecule has 0 radical (unpaired) electrons. The van der Waals surface area contributed by atoms with Crippen LogP contribution in [0.5, 0.6) is 0 Å². The molecule has 0 spiro atoms. The lowest BCUT2D eigenvalue weighted by Crippen LogP contribution is -2.21. The number of hydrogen-bond donors (Lipinski definition) is 0. The van der Waals surface area contributed by atoms with Crippen LogP contribution >= 0.6 is 11.6 Å². The molecule has 0 aromatic heterocycles. The normalized spacial score (nSPS) is 20.5. The Morgan fingerprint density at radius 1 is 1.47 bits per heavy atom. The molecule has 2 nitrogen and oxygen atoms in total. The molecule has 0 bridgehead atoms. The first-order valence-corrected chi connectivity index (χ1v) is 5.53. The quantitative estimate of drug-likeness (QED) is 0.789. The fourth-order valence-corrected chi connectivity index (χ4v) is 1.98. The van der Waals surface area contributed by atoms with Crippen LogP contribution in [0.3, 0.4) is 0 Å². The number of rotatable bonds is 3. The Balaban J connectivity index is 2.02. The van der Waals surface area contributed by atoms with E-state index in [4.69, 9.17) is 16.3 Å². The Labute approximate surface area is 94.2 Å². The minimum absolute atomic E-state index is 0.139. The van der Waals surface area contributed by atoms with E-state index in [1.807, 2.05) is 18.2 Å². The molecule has 1 heterocycles. The standard InChI is InChI=1S/C12H13ClO2/c13-10-5-2-1-4-9(10)8-11(14)12-6-3-7-15-12/h1-2,4-5,12H,3,6-8H2/t12-/m0/s1. The zero-order valence-electron chi connectivity index (χ0n) is 8.41. The van der Waals surface area contributed by atoms with Gasteiger partial charge in [0.05, 0.1) is 0 Å². The van der Waals surface area contributed by atoms with Crippen molar-refractivity contribution in [1.29, 1.82) is 0 Å². The van der Waals surface area contributed by atoms with E-state index in [1.165, 1.54) is 0 Å². The van der Waals surface area contributed by atoms with Gasteiger partial charge in [-0.25, -0.2) is 0 Å². The van der Waals surface area contributed by atoms with Gasteiger partial charge in [0.1, 0.15) is 6.10 Å². The highest BCUT2D eigenvalue weighted by molar-refractivity contribution is 6.31. The molecule has 1 aliphatic heterocycles. The number of ketones is 1. The summed E-state index contributed by atoms with van der Waals surface area (Å²) in [6.45, 7) is 0.707. The summed E-state index contributed by atoms with van der Waals surface area (Å²) >= 11 is 5.98. The van der Waals surface area contributed by atoms with E-state index < -0.39 is 0 Å². The topological polar surface area (TPSA) is 26.3 Å². The first-order valence-electron chi connectivity index (χ1n) is 5.15. The summed E-state index contributed by atoms with van der Waals surface area (Å²) in [5.41, 5.74) is 0.889. The van der Waals surface area contributed by atoms with Crippen LogP contribution in [-0.4, -0.2) is 18.5 Å². The molecule has 0 N–H and O–H groups in total. The van der Waals surface area contributed by atoms with Crippen molar-refractivity contribution in [2.24, 2.45) is 0 Å². The maximum Gasteiger partial charge on any atom is 0.165 e. The van der Waals surface area contributed by atoms with E-state index in [0.29, 0.717) is 18.1 Å². The Kier molecular flexibility index (Phi) is 3.39. The zero-order chi connectivity index (χ0) is 10.7. The van der Waals surface area contributed by atoms with Crippen LogP contribution in [-0.2, 0) is 16.0 Å². The van der Waals surface area contributed by atoms with Crippen LogP contribution in [0.25, 0.3) is 0 Å². The summed E-state index contributed by atoms with van der Waals surface area (Å²) in [5, 5.41) is 0.656. The number of Topliss-reactive ketones (excluding diaryl/α,β-unsaturated/α-hetero) is 1.